The zero-order valence-corrected chi connectivity index (χ0v) is 27.8. The van der Waals surface area contributed by atoms with E-state index in [-0.39, 0.29) is 0 Å². The van der Waals surface area contributed by atoms with E-state index in [9.17, 15) is 0 Å². The van der Waals surface area contributed by atoms with Crippen LogP contribution in [0.2, 0.25) is 0 Å². The van der Waals surface area contributed by atoms with Crippen LogP contribution in [0.25, 0.3) is 90.9 Å². The number of H-pyrrole nitrogens is 2. The predicted molar refractivity (Wildman–Crippen MR) is 221 cm³/mol. The molecule has 6 aliphatic heterocycles. The van der Waals surface area contributed by atoms with Crippen molar-refractivity contribution in [3.63, 3.8) is 0 Å². The zero-order chi connectivity index (χ0) is 33.7. The highest BCUT2D eigenvalue weighted by atomic mass is 14.8. The van der Waals surface area contributed by atoms with E-state index in [0.717, 1.165) is 67.1 Å². The number of hydrogen-bond acceptors (Lipinski definition) is 2. The normalized spacial score (nSPS) is 13.8. The van der Waals surface area contributed by atoms with Crippen molar-refractivity contribution in [2.45, 2.75) is 0 Å². The zero-order valence-electron chi connectivity index (χ0n) is 27.8. The van der Waals surface area contributed by atoms with Crippen molar-refractivity contribution in [1.82, 2.24) is 19.9 Å². The molecule has 2 N–H and O–H groups in total. The average molecular weight is 650 g/mol. The first-order valence-corrected chi connectivity index (χ1v) is 17.8. The van der Waals surface area contributed by atoms with E-state index in [1.54, 1.807) is 0 Å². The number of benzene rings is 4. The molecule has 0 saturated carbocycles. The summed E-state index contributed by atoms with van der Waals surface area (Å²) in [6.07, 6.45) is 8.75. The summed E-state index contributed by atoms with van der Waals surface area (Å²) in [5.41, 5.74) is 27.3. The number of nitrogens with one attached hydrogen (secondary N) is 2. The van der Waals surface area contributed by atoms with Crippen LogP contribution in [0.15, 0.2) is 97.1 Å². The van der Waals surface area contributed by atoms with Crippen LogP contribution in [0.3, 0.4) is 0 Å². The number of nitrogens with zero attached hydrogens (tertiary/aromatic N) is 2. The first kappa shape index (κ1) is 27.5. The van der Waals surface area contributed by atoms with E-state index in [4.69, 9.17) is 9.97 Å². The highest BCUT2D eigenvalue weighted by Crippen LogP contribution is 2.38. The second-order valence-electron chi connectivity index (χ2n) is 14.3. The Hall–Kier alpha value is -6.26. The van der Waals surface area contributed by atoms with E-state index in [1.165, 1.54) is 66.0 Å². The Morgan fingerprint density at radius 1 is 0.327 bits per heavy atom. The molecule has 230 valence electrons. The smallest absolute Gasteiger partial charge is 0.190 e. The summed E-state index contributed by atoms with van der Waals surface area (Å²) in [6, 6.07) is 35.1. The van der Waals surface area contributed by atoms with Crippen LogP contribution in [0, 0.1) is 0 Å². The number of hydrogen-bond donors (Lipinski definition) is 2. The fourth-order valence-electron chi connectivity index (χ4n) is 8.52. The van der Waals surface area contributed by atoms with Crippen molar-refractivity contribution in [3.05, 3.63) is 120 Å². The molecular weight excluding hydrogens is 628 g/mol. The Morgan fingerprint density at radius 2 is 0.596 bits per heavy atom. The number of aromatic amines is 2. The Labute approximate surface area is 302 Å². The fraction of sp³-hybridized carbons (Fsp3) is 0. The summed E-state index contributed by atoms with van der Waals surface area (Å²) in [5.74, 6) is 0. The lowest BCUT2D eigenvalue weighted by molar-refractivity contribution is 1.31. The van der Waals surface area contributed by atoms with Crippen molar-refractivity contribution in [2.75, 3.05) is 0 Å². The third-order valence-electron chi connectivity index (χ3n) is 11.3. The number of aromatic nitrogens is 4. The van der Waals surface area contributed by atoms with Gasteiger partial charge in [0.1, 0.15) is 0 Å². The van der Waals surface area contributed by atoms with E-state index < -0.39 is 0 Å². The molecule has 0 aliphatic carbocycles. The minimum Gasteiger partial charge on any atom is -0.354 e. The maximum atomic E-state index is 5.48. The first-order chi connectivity index (χ1) is 25.7. The summed E-state index contributed by atoms with van der Waals surface area (Å²) in [6.45, 7) is 0. The lowest BCUT2D eigenvalue weighted by Gasteiger charge is -2.07. The van der Waals surface area contributed by atoms with Gasteiger partial charge in [-0.2, -0.15) is 0 Å². The van der Waals surface area contributed by atoms with Gasteiger partial charge in [-0.3, -0.25) is 0 Å². The monoisotopic (exact) mass is 650 g/mol. The van der Waals surface area contributed by atoms with Crippen molar-refractivity contribution < 1.29 is 0 Å². The summed E-state index contributed by atoms with van der Waals surface area (Å²) < 4.78 is 0. The van der Waals surface area contributed by atoms with Crippen LogP contribution >= 0.6 is 0 Å². The molecule has 3 aromatic heterocycles. The molecule has 0 amide bonds. The summed E-state index contributed by atoms with van der Waals surface area (Å²) in [5, 5.41) is 0. The van der Waals surface area contributed by atoms with Gasteiger partial charge in [0.15, 0.2) is 29.1 Å². The Morgan fingerprint density at radius 3 is 0.865 bits per heavy atom. The van der Waals surface area contributed by atoms with Gasteiger partial charge in [-0.15, -0.1) is 0 Å². The van der Waals surface area contributed by atoms with E-state index in [0.29, 0.717) is 0 Å². The number of fused-ring (bicyclic) bond motifs is 12. The van der Waals surface area contributed by atoms with Crippen LogP contribution in [-0.4, -0.2) is 49.1 Å². The van der Waals surface area contributed by atoms with Crippen LogP contribution in [0.5, 0.6) is 0 Å². The van der Waals surface area contributed by atoms with E-state index >= 15 is 0 Å². The van der Waals surface area contributed by atoms with E-state index in [1.807, 2.05) is 0 Å². The van der Waals surface area contributed by atoms with Crippen molar-refractivity contribution in [1.29, 1.82) is 0 Å². The molecule has 6 aliphatic rings. The third kappa shape index (κ3) is 3.98. The van der Waals surface area contributed by atoms with E-state index in [2.05, 4.69) is 160 Å². The lowest BCUT2D eigenvalue weighted by atomic mass is 9.93. The average Bonchev–Trinajstić information content (AvgIpc) is 4.12. The van der Waals surface area contributed by atoms with Crippen molar-refractivity contribution in [3.8, 4) is 44.5 Å². The molecule has 4 radical (unpaired) electrons. The molecule has 4 nitrogen and oxygen atoms in total. The summed E-state index contributed by atoms with van der Waals surface area (Å²) in [7, 11) is 9.04. The molecule has 0 saturated heterocycles. The topological polar surface area (TPSA) is 57.4 Å². The SMILES string of the molecule is [B]1c2cccc(-c3c4nc(c(-c5cccc6c5[B]6)c5ccc([nH]5)c(-c5cccc6c5[B]6)c5nc(c(-c6cccc7c6[B]7)c6ccc3[nH]6)C=C5)C=C4)c21. The molecular formula is C44H22B4N4. The molecule has 9 heterocycles. The summed E-state index contributed by atoms with van der Waals surface area (Å²) in [4.78, 5) is 18.8. The molecule has 8 heteroatoms. The van der Waals surface area contributed by atoms with Gasteiger partial charge in [-0.1, -0.05) is 116 Å². The lowest BCUT2D eigenvalue weighted by Crippen LogP contribution is -1.99. The molecule has 0 unspecified atom stereocenters. The van der Waals surface area contributed by atoms with Gasteiger partial charge < -0.3 is 9.97 Å². The van der Waals surface area contributed by atoms with Gasteiger partial charge in [0.2, 0.25) is 0 Å². The molecule has 52 heavy (non-hydrogen) atoms. The molecule has 7 aromatic rings. The van der Waals surface area contributed by atoms with Gasteiger partial charge in [-0.05, 0) is 70.8 Å². The molecule has 4 aromatic carbocycles. The fourth-order valence-corrected chi connectivity index (χ4v) is 8.52. The highest BCUT2D eigenvalue weighted by Gasteiger charge is 2.30. The quantitative estimate of drug-likeness (QED) is 0.288. The second kappa shape index (κ2) is 9.74. The van der Waals surface area contributed by atoms with Gasteiger partial charge in [0.05, 0.1) is 22.8 Å². The molecule has 8 bridgehead atoms. The highest BCUT2D eigenvalue weighted by molar-refractivity contribution is 6.90. The third-order valence-corrected chi connectivity index (χ3v) is 11.3. The van der Waals surface area contributed by atoms with Crippen LogP contribution in [0.1, 0.15) is 22.8 Å². The van der Waals surface area contributed by atoms with Crippen LogP contribution in [-0.2, 0) is 0 Å². The molecule has 0 atom stereocenters. The van der Waals surface area contributed by atoms with Gasteiger partial charge in [0.25, 0.3) is 0 Å². The molecule has 0 spiro atoms. The maximum absolute atomic E-state index is 5.48. The minimum absolute atomic E-state index is 0.945. The summed E-state index contributed by atoms with van der Waals surface area (Å²) >= 11 is 0. The van der Waals surface area contributed by atoms with Gasteiger partial charge >= 0.3 is 0 Å². The maximum Gasteiger partial charge on any atom is 0.190 e. The minimum atomic E-state index is 0.945. The molecule has 0 fully saturated rings. The second-order valence-corrected chi connectivity index (χ2v) is 14.3. The largest absolute Gasteiger partial charge is 0.354 e. The van der Waals surface area contributed by atoms with Gasteiger partial charge in [-0.25, -0.2) is 9.97 Å². The predicted octanol–water partition coefficient (Wildman–Crippen LogP) is 3.20. The standard InChI is InChI=1S/C44H22B4N4/c1-5-21(41-25(9-1)45-41)37-29-13-15-31(49-29)38(22-6-2-10-26-42(22)46-26)33-17-19-35(51-33)40(24-8-4-12-28-44(24)48-28)36-20-18-34(52-36)39(32-16-14-30(37)50-32)23-7-3-11-27-43(23)47-27/h1-20,49,52H. The Kier molecular flexibility index (Phi) is 5.14. The van der Waals surface area contributed by atoms with Crippen LogP contribution in [0.4, 0.5) is 0 Å². The van der Waals surface area contributed by atoms with Crippen molar-refractivity contribution >= 4 is 119 Å². The number of rotatable bonds is 4. The van der Waals surface area contributed by atoms with Crippen LogP contribution < -0.4 is 43.7 Å². The Balaban J connectivity index is 1.21. The molecule has 13 rings (SSSR count). The van der Waals surface area contributed by atoms with Gasteiger partial charge in [0, 0.05) is 44.3 Å². The van der Waals surface area contributed by atoms with Crippen molar-refractivity contribution in [2.24, 2.45) is 0 Å². The first-order valence-electron chi connectivity index (χ1n) is 17.8. The Bertz CT molecular complexity index is 2690.